The molecule has 1 aromatic carbocycles. The van der Waals surface area contributed by atoms with Crippen LogP contribution in [0.15, 0.2) is 12.1 Å². The molecule has 1 aromatic rings. The third-order valence-electron chi connectivity index (χ3n) is 1.67. The average molecular weight is 356 g/mol. The average Bonchev–Trinajstić information content (AvgIpc) is 2.04. The van der Waals surface area contributed by atoms with Gasteiger partial charge in [0.15, 0.2) is 0 Å². The molecule has 0 aliphatic rings. The molecule has 16 heavy (non-hydrogen) atoms. The molecule has 0 aliphatic heterocycles. The zero-order chi connectivity index (χ0) is 12.7. The summed E-state index contributed by atoms with van der Waals surface area (Å²) in [6.07, 6.45) is -9.87. The molecule has 0 amide bonds. The summed E-state index contributed by atoms with van der Waals surface area (Å²) in [6.45, 7) is 0. The van der Waals surface area contributed by atoms with Crippen LogP contribution < -0.4 is 0 Å². The maximum atomic E-state index is 12.3. The van der Waals surface area contributed by atoms with Gasteiger partial charge in [-0.25, -0.2) is 0 Å². The van der Waals surface area contributed by atoms with E-state index in [1.165, 1.54) is 0 Å². The number of halogens is 7. The van der Waals surface area contributed by atoms with Crippen LogP contribution in [0.5, 0.6) is 5.75 Å². The van der Waals surface area contributed by atoms with Gasteiger partial charge in [-0.2, -0.15) is 26.3 Å². The second kappa shape index (κ2) is 3.97. The lowest BCUT2D eigenvalue weighted by Crippen LogP contribution is -2.14. The molecule has 0 saturated carbocycles. The highest BCUT2D eigenvalue weighted by Crippen LogP contribution is 2.42. The molecular weight excluding hydrogens is 353 g/mol. The SMILES string of the molecule is Oc1cc(C(F)(F)F)c(I)c(C(F)(F)F)c1. The van der Waals surface area contributed by atoms with Gasteiger partial charge in [0, 0.05) is 3.57 Å². The largest absolute Gasteiger partial charge is 0.508 e. The second-order valence-corrected chi connectivity index (χ2v) is 3.93. The highest BCUT2D eigenvalue weighted by Gasteiger charge is 2.40. The number of rotatable bonds is 0. The Hall–Kier alpha value is -0.670. The third-order valence-corrected chi connectivity index (χ3v) is 2.83. The summed E-state index contributed by atoms with van der Waals surface area (Å²) >= 11 is 0.957. The molecule has 0 bridgehead atoms. The number of benzene rings is 1. The van der Waals surface area contributed by atoms with Gasteiger partial charge in [0.05, 0.1) is 11.1 Å². The standard InChI is InChI=1S/C8H3F6IO/c9-7(10,11)4-1-3(16)2-5(6(4)15)8(12,13)14/h1-2,16H. The van der Waals surface area contributed by atoms with Crippen LogP contribution in [0.4, 0.5) is 26.3 Å². The van der Waals surface area contributed by atoms with Crippen molar-refractivity contribution in [2.24, 2.45) is 0 Å². The first-order chi connectivity index (χ1) is 7.03. The van der Waals surface area contributed by atoms with Crippen LogP contribution in [-0.2, 0) is 12.4 Å². The summed E-state index contributed by atoms with van der Waals surface area (Å²) < 4.78 is 72.9. The summed E-state index contributed by atoms with van der Waals surface area (Å²) in [5.41, 5.74) is -3.00. The van der Waals surface area contributed by atoms with E-state index in [-0.39, 0.29) is 12.1 Å². The lowest BCUT2D eigenvalue weighted by atomic mass is 10.1. The van der Waals surface area contributed by atoms with Crippen molar-refractivity contribution < 1.29 is 31.4 Å². The van der Waals surface area contributed by atoms with Crippen molar-refractivity contribution in [2.75, 3.05) is 0 Å². The zero-order valence-corrected chi connectivity index (χ0v) is 9.41. The minimum absolute atomic E-state index is 0.261. The van der Waals surface area contributed by atoms with Gasteiger partial charge in [-0.15, -0.1) is 0 Å². The van der Waals surface area contributed by atoms with E-state index < -0.39 is 32.8 Å². The van der Waals surface area contributed by atoms with Crippen LogP contribution in [0.1, 0.15) is 11.1 Å². The monoisotopic (exact) mass is 356 g/mol. The minimum atomic E-state index is -4.94. The Kier molecular flexibility index (Phi) is 3.32. The molecule has 8 heteroatoms. The van der Waals surface area contributed by atoms with Crippen LogP contribution in [0.3, 0.4) is 0 Å². The van der Waals surface area contributed by atoms with E-state index in [1.807, 2.05) is 0 Å². The fraction of sp³-hybridized carbons (Fsp3) is 0.250. The van der Waals surface area contributed by atoms with Crippen molar-refractivity contribution in [2.45, 2.75) is 12.4 Å². The van der Waals surface area contributed by atoms with Gasteiger partial charge in [0.2, 0.25) is 0 Å². The maximum absolute atomic E-state index is 12.3. The van der Waals surface area contributed by atoms with Crippen molar-refractivity contribution in [3.05, 3.63) is 26.8 Å². The highest BCUT2D eigenvalue weighted by atomic mass is 127. The molecule has 0 aromatic heterocycles. The van der Waals surface area contributed by atoms with Crippen molar-refractivity contribution in [3.8, 4) is 5.75 Å². The van der Waals surface area contributed by atoms with Crippen molar-refractivity contribution in [3.63, 3.8) is 0 Å². The van der Waals surface area contributed by atoms with Gasteiger partial charge in [0.25, 0.3) is 0 Å². The Morgan fingerprint density at radius 1 is 0.875 bits per heavy atom. The third kappa shape index (κ3) is 2.71. The molecule has 0 heterocycles. The lowest BCUT2D eigenvalue weighted by molar-refractivity contribution is -0.144. The minimum Gasteiger partial charge on any atom is -0.508 e. The van der Waals surface area contributed by atoms with Gasteiger partial charge >= 0.3 is 12.4 Å². The topological polar surface area (TPSA) is 20.2 Å². The molecule has 0 atom stereocenters. The Bertz CT molecular complexity index is 373. The van der Waals surface area contributed by atoms with Gasteiger partial charge in [-0.3, -0.25) is 0 Å². The van der Waals surface area contributed by atoms with E-state index >= 15 is 0 Å². The molecule has 0 unspecified atom stereocenters. The van der Waals surface area contributed by atoms with Crippen LogP contribution in [-0.4, -0.2) is 5.11 Å². The van der Waals surface area contributed by atoms with Gasteiger partial charge in [-0.05, 0) is 34.7 Å². The van der Waals surface area contributed by atoms with E-state index in [9.17, 15) is 26.3 Å². The van der Waals surface area contributed by atoms with Crippen LogP contribution >= 0.6 is 22.6 Å². The number of hydrogen-bond acceptors (Lipinski definition) is 1. The molecule has 0 spiro atoms. The summed E-state index contributed by atoms with van der Waals surface area (Å²) in [4.78, 5) is 0. The number of phenolic OH excluding ortho intramolecular Hbond substituents is 1. The summed E-state index contributed by atoms with van der Waals surface area (Å²) in [6, 6.07) is 0.522. The molecule has 1 rings (SSSR count). The molecular formula is C8H3F6IO. The lowest BCUT2D eigenvalue weighted by Gasteiger charge is -2.15. The fourth-order valence-electron chi connectivity index (χ4n) is 1.02. The number of alkyl halides is 6. The predicted molar refractivity (Wildman–Crippen MR) is 50.8 cm³/mol. The Balaban J connectivity index is 3.51. The summed E-state index contributed by atoms with van der Waals surface area (Å²) in [5.74, 6) is -1.07. The number of aromatic hydroxyl groups is 1. The first-order valence-corrected chi connectivity index (χ1v) is 4.78. The highest BCUT2D eigenvalue weighted by molar-refractivity contribution is 14.1. The van der Waals surface area contributed by atoms with E-state index in [0.717, 1.165) is 22.6 Å². The van der Waals surface area contributed by atoms with E-state index in [2.05, 4.69) is 0 Å². The molecule has 90 valence electrons. The maximum Gasteiger partial charge on any atom is 0.417 e. The van der Waals surface area contributed by atoms with E-state index in [0.29, 0.717) is 0 Å². The van der Waals surface area contributed by atoms with Crippen molar-refractivity contribution in [1.29, 1.82) is 0 Å². The van der Waals surface area contributed by atoms with Crippen LogP contribution in [0.2, 0.25) is 0 Å². The molecule has 0 fully saturated rings. The van der Waals surface area contributed by atoms with Crippen LogP contribution in [0.25, 0.3) is 0 Å². The molecule has 0 aliphatic carbocycles. The molecule has 1 nitrogen and oxygen atoms in total. The quantitative estimate of drug-likeness (QED) is 0.550. The first kappa shape index (κ1) is 13.4. The summed E-state index contributed by atoms with van der Waals surface area (Å²) in [7, 11) is 0. The van der Waals surface area contributed by atoms with Gasteiger partial charge in [0.1, 0.15) is 5.75 Å². The molecule has 0 radical (unpaired) electrons. The van der Waals surface area contributed by atoms with E-state index in [4.69, 9.17) is 5.11 Å². The zero-order valence-electron chi connectivity index (χ0n) is 7.25. The smallest absolute Gasteiger partial charge is 0.417 e. The van der Waals surface area contributed by atoms with Gasteiger partial charge < -0.3 is 5.11 Å². The first-order valence-electron chi connectivity index (χ1n) is 3.70. The number of phenols is 1. The predicted octanol–water partition coefficient (Wildman–Crippen LogP) is 4.03. The Morgan fingerprint density at radius 3 is 1.44 bits per heavy atom. The van der Waals surface area contributed by atoms with Gasteiger partial charge in [-0.1, -0.05) is 0 Å². The van der Waals surface area contributed by atoms with E-state index in [1.54, 1.807) is 0 Å². The fourth-order valence-corrected chi connectivity index (χ4v) is 1.94. The Labute approximate surface area is 99.2 Å². The molecule has 1 N–H and O–H groups in total. The van der Waals surface area contributed by atoms with Crippen molar-refractivity contribution in [1.82, 2.24) is 0 Å². The normalized spacial score (nSPS) is 12.9. The van der Waals surface area contributed by atoms with Crippen molar-refractivity contribution >= 4 is 22.6 Å². The molecule has 0 saturated heterocycles. The second-order valence-electron chi connectivity index (χ2n) is 2.85. The summed E-state index contributed by atoms with van der Waals surface area (Å²) in [5, 5.41) is 8.84. The Morgan fingerprint density at radius 2 is 1.19 bits per heavy atom. The number of hydrogen-bond donors (Lipinski definition) is 1. The van der Waals surface area contributed by atoms with Crippen LogP contribution in [0, 0.1) is 3.57 Å².